The van der Waals surface area contributed by atoms with E-state index in [1.54, 1.807) is 15.8 Å². The van der Waals surface area contributed by atoms with Gasteiger partial charge in [0.25, 0.3) is 0 Å². The predicted octanol–water partition coefficient (Wildman–Crippen LogP) is -0.352. The van der Waals surface area contributed by atoms with Gasteiger partial charge >= 0.3 is 0 Å². The molecule has 0 unspecified atom stereocenters. The lowest BCUT2D eigenvalue weighted by atomic mass is 10.0. The molecule has 2 aliphatic heterocycles. The maximum Gasteiger partial charge on any atom is 0.223 e. The molecule has 2 saturated heterocycles. The van der Waals surface area contributed by atoms with Crippen molar-refractivity contribution in [2.75, 3.05) is 45.9 Å². The van der Waals surface area contributed by atoms with Gasteiger partial charge in [-0.3, -0.25) is 14.4 Å². The van der Waals surface area contributed by atoms with Gasteiger partial charge in [-0.1, -0.05) is 0 Å². The van der Waals surface area contributed by atoms with E-state index in [1.165, 1.54) is 0 Å². The van der Waals surface area contributed by atoms with Gasteiger partial charge in [-0.2, -0.15) is 5.10 Å². The molecule has 0 aromatic carbocycles. The summed E-state index contributed by atoms with van der Waals surface area (Å²) in [5.41, 5.74) is 0.278. The number of carbonyl (C=O) groups excluding carboxylic acids is 1. The number of hydrogen-bond acceptors (Lipinski definition) is 5. The minimum absolute atomic E-state index is 0.115. The molecular weight excluding hydrogens is 296 g/mol. The number of likely N-dealkylation sites (tertiary alicyclic amines) is 1. The number of rotatable bonds is 5. The van der Waals surface area contributed by atoms with Crippen molar-refractivity contribution < 1.29 is 14.6 Å². The number of aryl methyl sites for hydroxylation is 2. The van der Waals surface area contributed by atoms with Crippen LogP contribution in [0, 0.1) is 0 Å². The second-order valence-corrected chi connectivity index (χ2v) is 6.62. The average Bonchev–Trinajstić information content (AvgIpc) is 3.12. The van der Waals surface area contributed by atoms with Crippen molar-refractivity contribution in [3.8, 4) is 0 Å². The van der Waals surface area contributed by atoms with Gasteiger partial charge in [-0.05, 0) is 18.9 Å². The molecular formula is C16H26N4O3. The number of aliphatic hydroxyl groups is 1. The summed E-state index contributed by atoms with van der Waals surface area (Å²) in [6.07, 6.45) is 3.56. The van der Waals surface area contributed by atoms with Crippen molar-refractivity contribution in [2.45, 2.75) is 24.9 Å². The highest BCUT2D eigenvalue weighted by molar-refractivity contribution is 5.76. The van der Waals surface area contributed by atoms with Crippen LogP contribution < -0.4 is 0 Å². The fourth-order valence-corrected chi connectivity index (χ4v) is 3.41. The largest absolute Gasteiger partial charge is 0.387 e. The van der Waals surface area contributed by atoms with Crippen LogP contribution in [0.3, 0.4) is 0 Å². The van der Waals surface area contributed by atoms with Crippen LogP contribution in [0.1, 0.15) is 18.5 Å². The van der Waals surface area contributed by atoms with E-state index in [2.05, 4.69) is 10.00 Å². The lowest BCUT2D eigenvalue weighted by molar-refractivity contribution is -0.131. The van der Waals surface area contributed by atoms with E-state index in [0.717, 1.165) is 32.0 Å². The quantitative estimate of drug-likeness (QED) is 0.802. The van der Waals surface area contributed by atoms with Gasteiger partial charge in [0.05, 0.1) is 25.4 Å². The Morgan fingerprint density at radius 1 is 1.39 bits per heavy atom. The molecule has 0 radical (unpaired) electrons. The number of ether oxygens (including phenoxy) is 1. The van der Waals surface area contributed by atoms with E-state index in [1.807, 2.05) is 13.1 Å². The van der Waals surface area contributed by atoms with Crippen molar-refractivity contribution in [2.24, 2.45) is 7.05 Å². The Bertz CT molecular complexity index is 541. The SMILES string of the molecule is Cn1nccc1CCC(=O)N1CC[C@@](O)(CN2CCOCC2)C1. The second-order valence-electron chi connectivity index (χ2n) is 6.62. The van der Waals surface area contributed by atoms with Crippen LogP contribution in [-0.4, -0.2) is 82.1 Å². The second kappa shape index (κ2) is 6.98. The van der Waals surface area contributed by atoms with Crippen LogP contribution >= 0.6 is 0 Å². The van der Waals surface area contributed by atoms with E-state index >= 15 is 0 Å². The number of amides is 1. The number of morpholine rings is 1. The van der Waals surface area contributed by atoms with Crippen LogP contribution in [0.5, 0.6) is 0 Å². The van der Waals surface area contributed by atoms with Crippen molar-refractivity contribution >= 4 is 5.91 Å². The Labute approximate surface area is 136 Å². The molecule has 7 heteroatoms. The molecule has 7 nitrogen and oxygen atoms in total. The van der Waals surface area contributed by atoms with Gasteiger partial charge in [0.1, 0.15) is 0 Å². The summed E-state index contributed by atoms with van der Waals surface area (Å²) >= 11 is 0. The Kier molecular flexibility index (Phi) is 4.99. The molecule has 3 rings (SSSR count). The van der Waals surface area contributed by atoms with Crippen molar-refractivity contribution in [1.82, 2.24) is 19.6 Å². The van der Waals surface area contributed by atoms with E-state index in [4.69, 9.17) is 4.74 Å². The van der Waals surface area contributed by atoms with Crippen LogP contribution in [-0.2, 0) is 23.0 Å². The molecule has 23 heavy (non-hydrogen) atoms. The monoisotopic (exact) mass is 322 g/mol. The maximum atomic E-state index is 12.4. The Morgan fingerprint density at radius 2 is 2.17 bits per heavy atom. The zero-order chi connectivity index (χ0) is 16.3. The Morgan fingerprint density at radius 3 is 2.87 bits per heavy atom. The van der Waals surface area contributed by atoms with Crippen LogP contribution in [0.2, 0.25) is 0 Å². The lowest BCUT2D eigenvalue weighted by Crippen LogP contribution is -2.49. The molecule has 0 saturated carbocycles. The van der Waals surface area contributed by atoms with Crippen molar-refractivity contribution in [3.05, 3.63) is 18.0 Å². The van der Waals surface area contributed by atoms with Crippen LogP contribution in [0.4, 0.5) is 0 Å². The molecule has 128 valence electrons. The minimum atomic E-state index is -0.778. The average molecular weight is 322 g/mol. The normalized spacial score (nSPS) is 25.9. The maximum absolute atomic E-state index is 12.4. The van der Waals surface area contributed by atoms with Gasteiger partial charge in [0, 0.05) is 51.5 Å². The minimum Gasteiger partial charge on any atom is -0.387 e. The number of carbonyl (C=O) groups is 1. The molecule has 1 atom stereocenters. The number of nitrogens with zero attached hydrogens (tertiary/aromatic N) is 4. The number of β-amino-alcohol motifs (C(OH)–C–C–N with tert-alkyl or cyclic N) is 1. The van der Waals surface area contributed by atoms with Gasteiger partial charge in [-0.25, -0.2) is 0 Å². The standard InChI is InChI=1S/C16H26N4O3/c1-18-14(4-6-17-18)2-3-15(21)20-7-5-16(22,13-20)12-19-8-10-23-11-9-19/h4,6,22H,2-3,5,7-13H2,1H3/t16-/m1/s1. The summed E-state index contributed by atoms with van der Waals surface area (Å²) < 4.78 is 7.14. The summed E-state index contributed by atoms with van der Waals surface area (Å²) in [5.74, 6) is 0.115. The zero-order valence-electron chi connectivity index (χ0n) is 13.8. The summed E-state index contributed by atoms with van der Waals surface area (Å²) in [5, 5.41) is 14.9. The zero-order valence-corrected chi connectivity index (χ0v) is 13.8. The van der Waals surface area contributed by atoms with Gasteiger partial charge in [0.2, 0.25) is 5.91 Å². The van der Waals surface area contributed by atoms with E-state index in [0.29, 0.717) is 38.9 Å². The molecule has 0 bridgehead atoms. The molecule has 0 spiro atoms. The van der Waals surface area contributed by atoms with Crippen LogP contribution in [0.15, 0.2) is 12.3 Å². The molecule has 1 amide bonds. The van der Waals surface area contributed by atoms with E-state index < -0.39 is 5.60 Å². The van der Waals surface area contributed by atoms with Crippen molar-refractivity contribution in [1.29, 1.82) is 0 Å². The Balaban J connectivity index is 1.48. The summed E-state index contributed by atoms with van der Waals surface area (Å²) in [6, 6.07) is 1.94. The Hall–Kier alpha value is -1.44. The third-order valence-corrected chi connectivity index (χ3v) is 4.82. The highest BCUT2D eigenvalue weighted by Crippen LogP contribution is 2.23. The fourth-order valence-electron chi connectivity index (χ4n) is 3.41. The number of aromatic nitrogens is 2. The van der Waals surface area contributed by atoms with Gasteiger partial charge in [0.15, 0.2) is 0 Å². The third kappa shape index (κ3) is 4.10. The molecule has 3 heterocycles. The number of hydrogen-bond donors (Lipinski definition) is 1. The topological polar surface area (TPSA) is 70.8 Å². The summed E-state index contributed by atoms with van der Waals surface area (Å²) in [4.78, 5) is 16.4. The van der Waals surface area contributed by atoms with Gasteiger partial charge < -0.3 is 14.7 Å². The first-order valence-electron chi connectivity index (χ1n) is 8.33. The van der Waals surface area contributed by atoms with Crippen molar-refractivity contribution in [3.63, 3.8) is 0 Å². The molecule has 1 aromatic heterocycles. The van der Waals surface area contributed by atoms with E-state index in [9.17, 15) is 9.90 Å². The first-order chi connectivity index (χ1) is 11.1. The first-order valence-corrected chi connectivity index (χ1v) is 8.33. The highest BCUT2D eigenvalue weighted by atomic mass is 16.5. The molecule has 2 fully saturated rings. The molecule has 1 aromatic rings. The van der Waals surface area contributed by atoms with E-state index in [-0.39, 0.29) is 5.91 Å². The fraction of sp³-hybridized carbons (Fsp3) is 0.750. The smallest absolute Gasteiger partial charge is 0.223 e. The summed E-state index contributed by atoms with van der Waals surface area (Å²) in [6.45, 7) is 4.88. The summed E-state index contributed by atoms with van der Waals surface area (Å²) in [7, 11) is 1.89. The van der Waals surface area contributed by atoms with Crippen LogP contribution in [0.25, 0.3) is 0 Å². The third-order valence-electron chi connectivity index (χ3n) is 4.82. The molecule has 1 N–H and O–H groups in total. The van der Waals surface area contributed by atoms with Gasteiger partial charge in [-0.15, -0.1) is 0 Å². The predicted molar refractivity (Wildman–Crippen MR) is 84.9 cm³/mol. The molecule has 2 aliphatic rings. The first kappa shape index (κ1) is 16.4. The lowest BCUT2D eigenvalue weighted by Gasteiger charge is -2.33. The molecule has 0 aliphatic carbocycles. The highest BCUT2D eigenvalue weighted by Gasteiger charge is 2.39.